The number of rotatable bonds is 9. The molecule has 8 nitrogen and oxygen atoms in total. The highest BCUT2D eigenvalue weighted by Gasteiger charge is 2.28. The molecule has 1 saturated carbocycles. The number of hydrogen-bond acceptors (Lipinski definition) is 6. The minimum Gasteiger partial charge on any atom is -0.458 e. The average molecular weight is 581 g/mol. The summed E-state index contributed by atoms with van der Waals surface area (Å²) in [5.74, 6) is -0.356. The number of benzene rings is 2. The molecule has 0 spiro atoms. The van der Waals surface area contributed by atoms with Gasteiger partial charge < -0.3 is 9.47 Å². The van der Waals surface area contributed by atoms with Crippen LogP contribution >= 0.6 is 0 Å². The van der Waals surface area contributed by atoms with Crippen LogP contribution in [0.2, 0.25) is 0 Å². The molecule has 0 aliphatic heterocycles. The number of nitriles is 1. The Balaban J connectivity index is 1.39. The number of esters is 1. The first kappa shape index (κ1) is 30.2. The number of nitrogens with zero attached hydrogens (tertiary/aromatic N) is 4. The summed E-state index contributed by atoms with van der Waals surface area (Å²) in [5.41, 5.74) is 5.58. The van der Waals surface area contributed by atoms with Crippen molar-refractivity contribution in [3.63, 3.8) is 0 Å². The molecular formula is C35H40N4O4. The molecule has 0 atom stereocenters. The van der Waals surface area contributed by atoms with E-state index >= 15 is 0 Å². The number of carbonyl (C=O) groups excluding carboxylic acids is 1. The standard InChI is InChI=1S/C35H40N4O4/c1-5-8-31-30(21-24-11-13-25(14-12-24)29-10-7-6-9-26(29)22-36)34(41)38(32-19-20-37-39(31)32)27-15-17-28(18-16-27)42-23-33(40)43-35(2,3)4/h6-7,9-14,19-20,27-28H,5,8,15-18,21,23H2,1-4H3. The monoisotopic (exact) mass is 580 g/mol. The van der Waals surface area contributed by atoms with Gasteiger partial charge in [-0.05, 0) is 75.6 Å². The van der Waals surface area contributed by atoms with Crippen molar-refractivity contribution in [2.75, 3.05) is 6.61 Å². The molecular weight excluding hydrogens is 540 g/mol. The first-order valence-electron chi connectivity index (χ1n) is 15.2. The first-order chi connectivity index (χ1) is 20.7. The second-order valence-electron chi connectivity index (χ2n) is 12.3. The molecule has 0 radical (unpaired) electrons. The molecule has 4 aromatic rings. The summed E-state index contributed by atoms with van der Waals surface area (Å²) < 4.78 is 15.1. The lowest BCUT2D eigenvalue weighted by Crippen LogP contribution is -2.35. The van der Waals surface area contributed by atoms with Crippen LogP contribution in [-0.4, -0.2) is 38.5 Å². The highest BCUT2D eigenvalue weighted by Crippen LogP contribution is 2.31. The third-order valence-corrected chi connectivity index (χ3v) is 8.00. The average Bonchev–Trinajstić information content (AvgIpc) is 3.47. The van der Waals surface area contributed by atoms with E-state index in [0.29, 0.717) is 12.0 Å². The molecule has 1 aliphatic rings. The number of fused-ring (bicyclic) bond motifs is 1. The number of hydrogen-bond donors (Lipinski definition) is 0. The van der Waals surface area contributed by atoms with Crippen LogP contribution in [0.4, 0.5) is 0 Å². The summed E-state index contributed by atoms with van der Waals surface area (Å²) >= 11 is 0. The molecule has 224 valence electrons. The van der Waals surface area contributed by atoms with Gasteiger partial charge in [-0.3, -0.25) is 9.36 Å². The van der Waals surface area contributed by atoms with Gasteiger partial charge in [0.25, 0.3) is 5.56 Å². The maximum atomic E-state index is 14.3. The molecule has 2 heterocycles. The Labute approximate surface area is 252 Å². The minimum absolute atomic E-state index is 0.0207. The van der Waals surface area contributed by atoms with Crippen LogP contribution in [0, 0.1) is 11.3 Å². The lowest BCUT2D eigenvalue weighted by atomic mass is 9.92. The second-order valence-corrected chi connectivity index (χ2v) is 12.3. The van der Waals surface area contributed by atoms with Crippen LogP contribution in [0.3, 0.4) is 0 Å². The van der Waals surface area contributed by atoms with Gasteiger partial charge in [0, 0.05) is 24.1 Å². The molecule has 0 bridgehead atoms. The predicted octanol–water partition coefficient (Wildman–Crippen LogP) is 6.42. The van der Waals surface area contributed by atoms with E-state index in [2.05, 4.69) is 18.1 Å². The molecule has 2 aromatic heterocycles. The van der Waals surface area contributed by atoms with E-state index in [0.717, 1.165) is 72.1 Å². The van der Waals surface area contributed by atoms with Gasteiger partial charge in [-0.1, -0.05) is 55.8 Å². The number of aromatic nitrogens is 3. The van der Waals surface area contributed by atoms with Gasteiger partial charge in [0.2, 0.25) is 0 Å². The van der Waals surface area contributed by atoms with Crippen molar-refractivity contribution in [1.82, 2.24) is 14.2 Å². The molecule has 0 unspecified atom stereocenters. The molecule has 0 amide bonds. The summed E-state index contributed by atoms with van der Waals surface area (Å²) in [7, 11) is 0. The summed E-state index contributed by atoms with van der Waals surface area (Å²) in [6, 6.07) is 19.9. The Morgan fingerprint density at radius 3 is 2.44 bits per heavy atom. The number of carbonyl (C=O) groups is 1. The van der Waals surface area contributed by atoms with Gasteiger partial charge in [-0.25, -0.2) is 9.31 Å². The minimum atomic E-state index is -0.539. The zero-order valence-electron chi connectivity index (χ0n) is 25.5. The first-order valence-corrected chi connectivity index (χ1v) is 15.2. The Morgan fingerprint density at radius 2 is 1.77 bits per heavy atom. The van der Waals surface area contributed by atoms with Crippen LogP contribution in [0.25, 0.3) is 16.8 Å². The van der Waals surface area contributed by atoms with Crippen molar-refractivity contribution in [1.29, 1.82) is 5.26 Å². The van der Waals surface area contributed by atoms with Crippen molar-refractivity contribution in [3.8, 4) is 17.2 Å². The number of ether oxygens (including phenoxy) is 2. The predicted molar refractivity (Wildman–Crippen MR) is 166 cm³/mol. The van der Waals surface area contributed by atoms with Crippen LogP contribution in [-0.2, 0) is 27.1 Å². The zero-order chi connectivity index (χ0) is 30.6. The highest BCUT2D eigenvalue weighted by molar-refractivity contribution is 5.71. The fraction of sp³-hybridized carbons (Fsp3) is 0.429. The topological polar surface area (TPSA) is 98.6 Å². The van der Waals surface area contributed by atoms with Gasteiger partial charge in [-0.15, -0.1) is 0 Å². The van der Waals surface area contributed by atoms with Crippen LogP contribution in [0.5, 0.6) is 0 Å². The van der Waals surface area contributed by atoms with Crippen LogP contribution in [0.15, 0.2) is 65.6 Å². The Hall–Kier alpha value is -4.22. The van der Waals surface area contributed by atoms with Gasteiger partial charge in [0.05, 0.1) is 29.6 Å². The summed E-state index contributed by atoms with van der Waals surface area (Å²) in [4.78, 5) is 26.4. The van der Waals surface area contributed by atoms with Gasteiger partial charge >= 0.3 is 5.97 Å². The van der Waals surface area contributed by atoms with E-state index in [1.165, 1.54) is 0 Å². The van der Waals surface area contributed by atoms with E-state index in [9.17, 15) is 14.9 Å². The van der Waals surface area contributed by atoms with Crippen molar-refractivity contribution >= 4 is 11.6 Å². The van der Waals surface area contributed by atoms with Crippen molar-refractivity contribution in [2.24, 2.45) is 0 Å². The lowest BCUT2D eigenvalue weighted by Gasteiger charge is -2.31. The highest BCUT2D eigenvalue weighted by atomic mass is 16.6. The van der Waals surface area contributed by atoms with Gasteiger partial charge in [-0.2, -0.15) is 10.4 Å². The maximum absolute atomic E-state index is 14.3. The lowest BCUT2D eigenvalue weighted by molar-refractivity contribution is -0.163. The summed E-state index contributed by atoms with van der Waals surface area (Å²) in [6.07, 6.45) is 6.96. The smallest absolute Gasteiger partial charge is 0.332 e. The Bertz CT molecular complexity index is 1680. The van der Waals surface area contributed by atoms with Gasteiger partial charge in [0.1, 0.15) is 17.9 Å². The summed E-state index contributed by atoms with van der Waals surface area (Å²) in [6.45, 7) is 7.59. The summed E-state index contributed by atoms with van der Waals surface area (Å²) in [5, 5.41) is 14.2. The Morgan fingerprint density at radius 1 is 1.05 bits per heavy atom. The van der Waals surface area contributed by atoms with E-state index in [-0.39, 0.29) is 30.3 Å². The molecule has 8 heteroatoms. The Kier molecular flexibility index (Phi) is 9.12. The molecule has 1 aliphatic carbocycles. The largest absolute Gasteiger partial charge is 0.458 e. The van der Waals surface area contributed by atoms with E-state index in [1.54, 1.807) is 6.20 Å². The fourth-order valence-corrected chi connectivity index (χ4v) is 6.08. The second kappa shape index (κ2) is 13.0. The third kappa shape index (κ3) is 6.89. The number of aryl methyl sites for hydroxylation is 1. The van der Waals surface area contributed by atoms with Crippen molar-refractivity contribution < 1.29 is 14.3 Å². The normalized spacial score (nSPS) is 17.1. The zero-order valence-corrected chi connectivity index (χ0v) is 25.5. The van der Waals surface area contributed by atoms with Crippen molar-refractivity contribution in [2.45, 2.75) is 90.4 Å². The van der Waals surface area contributed by atoms with E-state index < -0.39 is 5.60 Å². The molecule has 2 aromatic carbocycles. The molecule has 43 heavy (non-hydrogen) atoms. The SMILES string of the molecule is CCCc1c(Cc2ccc(-c3ccccc3C#N)cc2)c(=O)n(C2CCC(OCC(=O)OC(C)(C)C)CC2)c2ccnn12. The maximum Gasteiger partial charge on any atom is 0.332 e. The van der Waals surface area contributed by atoms with E-state index in [4.69, 9.17) is 9.47 Å². The van der Waals surface area contributed by atoms with E-state index in [1.807, 2.05) is 84.5 Å². The van der Waals surface area contributed by atoms with Crippen LogP contribution in [0.1, 0.15) is 88.2 Å². The van der Waals surface area contributed by atoms with Crippen LogP contribution < -0.4 is 5.56 Å². The molecule has 0 N–H and O–H groups in total. The molecule has 0 saturated heterocycles. The molecule has 5 rings (SSSR count). The quantitative estimate of drug-likeness (QED) is 0.212. The fourth-order valence-electron chi connectivity index (χ4n) is 6.08. The van der Waals surface area contributed by atoms with Crippen molar-refractivity contribution in [3.05, 3.63) is 93.5 Å². The van der Waals surface area contributed by atoms with Gasteiger partial charge in [0.15, 0.2) is 0 Å². The third-order valence-electron chi connectivity index (χ3n) is 8.00. The molecule has 1 fully saturated rings.